The summed E-state index contributed by atoms with van der Waals surface area (Å²) in [5.74, 6) is 0. The van der Waals surface area contributed by atoms with Gasteiger partial charge in [0.2, 0.25) is 0 Å². The van der Waals surface area contributed by atoms with Crippen molar-refractivity contribution >= 4 is 11.6 Å². The van der Waals surface area contributed by atoms with Gasteiger partial charge in [-0.2, -0.15) is 0 Å². The quantitative estimate of drug-likeness (QED) is 0.713. The molecule has 3 nitrogen and oxygen atoms in total. The zero-order valence-corrected chi connectivity index (χ0v) is 11.8. The van der Waals surface area contributed by atoms with Crippen LogP contribution in [-0.2, 0) is 11.2 Å². The lowest BCUT2D eigenvalue weighted by Gasteiger charge is -2.23. The minimum Gasteiger partial charge on any atom is -0.390 e. The van der Waals surface area contributed by atoms with Crippen LogP contribution >= 0.6 is 11.6 Å². The van der Waals surface area contributed by atoms with Crippen LogP contribution in [0.2, 0.25) is 5.02 Å². The topological polar surface area (TPSA) is 41.5 Å². The summed E-state index contributed by atoms with van der Waals surface area (Å²) in [5, 5.41) is 14.2. The number of halogens is 1. The maximum Gasteiger partial charge on any atom is 0.0672 e. The third-order valence-corrected chi connectivity index (χ3v) is 3.07. The Hall–Kier alpha value is -0.610. The summed E-state index contributed by atoms with van der Waals surface area (Å²) >= 11 is 5.83. The number of hydrogen-bond donors (Lipinski definition) is 2. The van der Waals surface area contributed by atoms with Crippen LogP contribution in [-0.4, -0.2) is 37.5 Å². The number of aliphatic hydroxyl groups is 1. The van der Waals surface area contributed by atoms with E-state index in [-0.39, 0.29) is 0 Å². The Kier molecular flexibility index (Phi) is 6.65. The Bertz CT molecular complexity index is 338. The van der Waals surface area contributed by atoms with Crippen molar-refractivity contribution in [2.24, 2.45) is 0 Å². The minimum absolute atomic E-state index is 0.635. The van der Waals surface area contributed by atoms with E-state index in [2.05, 4.69) is 5.32 Å². The maximum atomic E-state index is 10.3. The van der Waals surface area contributed by atoms with Crippen LogP contribution < -0.4 is 5.32 Å². The molecule has 1 rings (SSSR count). The molecule has 0 bridgehead atoms. The molecule has 1 aromatic rings. The van der Waals surface area contributed by atoms with Crippen molar-refractivity contribution in [3.8, 4) is 0 Å². The second-order valence-electron chi connectivity index (χ2n) is 4.79. The molecule has 4 heteroatoms. The van der Waals surface area contributed by atoms with Crippen LogP contribution in [0.3, 0.4) is 0 Å². The highest BCUT2D eigenvalue weighted by molar-refractivity contribution is 6.30. The van der Waals surface area contributed by atoms with Crippen LogP contribution in [0.5, 0.6) is 0 Å². The molecule has 0 saturated carbocycles. The first-order valence-electron chi connectivity index (χ1n) is 6.20. The molecule has 0 saturated heterocycles. The highest BCUT2D eigenvalue weighted by atomic mass is 35.5. The highest BCUT2D eigenvalue weighted by Crippen LogP contribution is 2.18. The monoisotopic (exact) mass is 271 g/mol. The van der Waals surface area contributed by atoms with Crippen LogP contribution in [0.4, 0.5) is 0 Å². The van der Waals surface area contributed by atoms with E-state index < -0.39 is 5.60 Å². The Morgan fingerprint density at radius 3 is 2.56 bits per heavy atom. The number of hydrogen-bond acceptors (Lipinski definition) is 3. The van der Waals surface area contributed by atoms with Gasteiger partial charge in [0.25, 0.3) is 0 Å². The third-order valence-electron chi connectivity index (χ3n) is 2.82. The van der Waals surface area contributed by atoms with Gasteiger partial charge in [-0.25, -0.2) is 0 Å². The summed E-state index contributed by atoms with van der Waals surface area (Å²) in [6.45, 7) is 4.15. The molecule has 1 aromatic carbocycles. The fourth-order valence-corrected chi connectivity index (χ4v) is 1.91. The van der Waals surface area contributed by atoms with Gasteiger partial charge in [0, 0.05) is 25.1 Å². The van der Waals surface area contributed by atoms with Gasteiger partial charge >= 0.3 is 0 Å². The predicted molar refractivity (Wildman–Crippen MR) is 75.1 cm³/mol. The first-order valence-corrected chi connectivity index (χ1v) is 6.58. The molecule has 0 radical (unpaired) electrons. The number of methoxy groups -OCH3 is 1. The second kappa shape index (κ2) is 7.74. The van der Waals surface area contributed by atoms with Gasteiger partial charge in [-0.05, 0) is 37.6 Å². The fraction of sp³-hybridized carbons (Fsp3) is 0.571. The molecule has 0 amide bonds. The van der Waals surface area contributed by atoms with E-state index in [0.29, 0.717) is 19.4 Å². The standard InChI is InChI=1S/C14H22ClNO2/c1-14(17,7-8-16-9-10-18-2)11-12-3-5-13(15)6-4-12/h3-6,16-17H,7-11H2,1-2H3. The van der Waals surface area contributed by atoms with Crippen molar-refractivity contribution in [3.63, 3.8) is 0 Å². The van der Waals surface area contributed by atoms with E-state index in [1.165, 1.54) is 0 Å². The summed E-state index contributed by atoms with van der Waals surface area (Å²) in [5.41, 5.74) is 0.398. The van der Waals surface area contributed by atoms with Gasteiger partial charge in [0.1, 0.15) is 0 Å². The lowest BCUT2D eigenvalue weighted by molar-refractivity contribution is 0.0510. The first-order chi connectivity index (χ1) is 8.53. The summed E-state index contributed by atoms with van der Waals surface area (Å²) < 4.78 is 4.94. The molecule has 0 aliphatic heterocycles. The molecule has 0 spiro atoms. The summed E-state index contributed by atoms with van der Waals surface area (Å²) in [7, 11) is 1.68. The van der Waals surface area contributed by atoms with Gasteiger partial charge in [0.15, 0.2) is 0 Å². The highest BCUT2D eigenvalue weighted by Gasteiger charge is 2.20. The molecule has 1 unspecified atom stereocenters. The van der Waals surface area contributed by atoms with Crippen LogP contribution in [0.15, 0.2) is 24.3 Å². The molecule has 0 fully saturated rings. The SMILES string of the molecule is COCCNCCC(C)(O)Cc1ccc(Cl)cc1. The van der Waals surface area contributed by atoms with Crippen molar-refractivity contribution in [2.75, 3.05) is 26.8 Å². The molecule has 0 aliphatic carbocycles. The fourth-order valence-electron chi connectivity index (χ4n) is 1.79. The van der Waals surface area contributed by atoms with Crippen LogP contribution in [0, 0.1) is 0 Å². The van der Waals surface area contributed by atoms with E-state index in [0.717, 1.165) is 23.7 Å². The van der Waals surface area contributed by atoms with Gasteiger partial charge in [-0.1, -0.05) is 23.7 Å². The lowest BCUT2D eigenvalue weighted by atomic mass is 9.93. The van der Waals surface area contributed by atoms with Crippen molar-refractivity contribution in [1.82, 2.24) is 5.32 Å². The van der Waals surface area contributed by atoms with Crippen LogP contribution in [0.25, 0.3) is 0 Å². The van der Waals surface area contributed by atoms with Crippen molar-refractivity contribution < 1.29 is 9.84 Å². The smallest absolute Gasteiger partial charge is 0.0672 e. The summed E-state index contributed by atoms with van der Waals surface area (Å²) in [6, 6.07) is 7.61. The van der Waals surface area contributed by atoms with E-state index in [9.17, 15) is 5.11 Å². The number of ether oxygens (including phenoxy) is 1. The molecule has 0 aromatic heterocycles. The van der Waals surface area contributed by atoms with Crippen LogP contribution in [0.1, 0.15) is 18.9 Å². The van der Waals surface area contributed by atoms with Crippen molar-refractivity contribution in [3.05, 3.63) is 34.9 Å². The maximum absolute atomic E-state index is 10.3. The lowest BCUT2D eigenvalue weighted by Crippen LogP contribution is -2.33. The zero-order valence-electron chi connectivity index (χ0n) is 11.1. The summed E-state index contributed by atoms with van der Waals surface area (Å²) in [4.78, 5) is 0. The Morgan fingerprint density at radius 2 is 1.94 bits per heavy atom. The van der Waals surface area contributed by atoms with Gasteiger partial charge < -0.3 is 15.2 Å². The molecule has 0 heterocycles. The molecule has 1 atom stereocenters. The number of nitrogens with one attached hydrogen (secondary N) is 1. The number of rotatable bonds is 8. The zero-order chi connectivity index (χ0) is 13.4. The van der Waals surface area contributed by atoms with Gasteiger partial charge in [0.05, 0.1) is 12.2 Å². The van der Waals surface area contributed by atoms with Crippen molar-refractivity contribution in [2.45, 2.75) is 25.4 Å². The second-order valence-corrected chi connectivity index (χ2v) is 5.23. The van der Waals surface area contributed by atoms with E-state index >= 15 is 0 Å². The normalized spacial score (nSPS) is 14.4. The molecule has 18 heavy (non-hydrogen) atoms. The number of benzene rings is 1. The van der Waals surface area contributed by atoms with Gasteiger partial charge in [-0.15, -0.1) is 0 Å². The van der Waals surface area contributed by atoms with E-state index in [1.54, 1.807) is 7.11 Å². The molecule has 102 valence electrons. The Labute approximate surface area is 114 Å². The molecular weight excluding hydrogens is 250 g/mol. The van der Waals surface area contributed by atoms with Gasteiger partial charge in [-0.3, -0.25) is 0 Å². The predicted octanol–water partition coefficient (Wildman–Crippen LogP) is 2.26. The Balaban J connectivity index is 2.32. The average molecular weight is 272 g/mol. The largest absolute Gasteiger partial charge is 0.390 e. The van der Waals surface area contributed by atoms with E-state index in [4.69, 9.17) is 16.3 Å². The average Bonchev–Trinajstić information content (AvgIpc) is 2.31. The van der Waals surface area contributed by atoms with Crippen molar-refractivity contribution in [1.29, 1.82) is 0 Å². The third kappa shape index (κ3) is 6.36. The first kappa shape index (κ1) is 15.4. The van der Waals surface area contributed by atoms with E-state index in [1.807, 2.05) is 31.2 Å². The minimum atomic E-state index is -0.700. The molecular formula is C14H22ClNO2. The summed E-state index contributed by atoms with van der Waals surface area (Å²) in [6.07, 6.45) is 1.34. The molecule has 0 aliphatic rings. The molecule has 2 N–H and O–H groups in total. The Morgan fingerprint density at radius 1 is 1.28 bits per heavy atom.